The lowest BCUT2D eigenvalue weighted by atomic mass is 10.1. The van der Waals surface area contributed by atoms with E-state index in [2.05, 4.69) is 21.2 Å². The maximum absolute atomic E-state index is 13.2. The van der Waals surface area contributed by atoms with Crippen LogP contribution in [0.4, 0.5) is 4.39 Å². The zero-order chi connectivity index (χ0) is 12.1. The van der Waals surface area contributed by atoms with Crippen molar-refractivity contribution in [2.75, 3.05) is 6.54 Å². The smallest absolute Gasteiger partial charge is 0.242 e. The van der Waals surface area contributed by atoms with Crippen molar-refractivity contribution >= 4 is 33.4 Å². The minimum Gasteiger partial charge on any atom is -0.355 e. The van der Waals surface area contributed by atoms with Crippen molar-refractivity contribution in [3.8, 4) is 0 Å². The van der Waals surface area contributed by atoms with Gasteiger partial charge < -0.3 is 5.32 Å². The molecule has 5 heteroatoms. The largest absolute Gasteiger partial charge is 0.355 e. The maximum atomic E-state index is 13.2. The van der Waals surface area contributed by atoms with Crippen LogP contribution in [-0.4, -0.2) is 12.5 Å². The van der Waals surface area contributed by atoms with E-state index in [1.54, 1.807) is 6.07 Å². The summed E-state index contributed by atoms with van der Waals surface area (Å²) in [7, 11) is 0. The van der Waals surface area contributed by atoms with Crippen LogP contribution in [0.15, 0.2) is 22.7 Å². The molecule has 1 amide bonds. The minimum atomic E-state index is -0.853. The first-order valence-corrected chi connectivity index (χ1v) is 6.16. The molecular formula is C11H12BrClFNO. The van der Waals surface area contributed by atoms with Crippen molar-refractivity contribution in [3.63, 3.8) is 0 Å². The van der Waals surface area contributed by atoms with Gasteiger partial charge in [0.1, 0.15) is 11.2 Å². The molecule has 0 bridgehead atoms. The van der Waals surface area contributed by atoms with Crippen molar-refractivity contribution in [2.45, 2.75) is 18.7 Å². The molecule has 0 saturated carbocycles. The van der Waals surface area contributed by atoms with Gasteiger partial charge in [0.25, 0.3) is 0 Å². The van der Waals surface area contributed by atoms with E-state index in [-0.39, 0.29) is 5.91 Å². The van der Waals surface area contributed by atoms with Gasteiger partial charge in [-0.1, -0.05) is 13.0 Å². The van der Waals surface area contributed by atoms with E-state index in [9.17, 15) is 9.18 Å². The van der Waals surface area contributed by atoms with Crippen LogP contribution in [0, 0.1) is 5.82 Å². The van der Waals surface area contributed by atoms with Crippen molar-refractivity contribution in [2.24, 2.45) is 0 Å². The van der Waals surface area contributed by atoms with Gasteiger partial charge in [-0.25, -0.2) is 4.39 Å². The first-order valence-electron chi connectivity index (χ1n) is 4.93. The highest BCUT2D eigenvalue weighted by atomic mass is 79.9. The lowest BCUT2D eigenvalue weighted by Gasteiger charge is -2.10. The Morgan fingerprint density at radius 2 is 2.31 bits per heavy atom. The molecule has 0 aliphatic heterocycles. The van der Waals surface area contributed by atoms with Gasteiger partial charge in [-0.15, -0.1) is 11.6 Å². The number of nitrogens with one attached hydrogen (secondary N) is 1. The molecule has 1 rings (SSSR count). The van der Waals surface area contributed by atoms with Gasteiger partial charge in [-0.3, -0.25) is 4.79 Å². The quantitative estimate of drug-likeness (QED) is 0.849. The first kappa shape index (κ1) is 13.5. The standard InChI is InChI=1S/C11H12BrClFNO/c1-2-5-15-11(16)10(13)7-3-4-8(12)9(14)6-7/h3-4,6,10H,2,5H2,1H3,(H,15,16). The van der Waals surface area contributed by atoms with Crippen molar-refractivity contribution in [1.29, 1.82) is 0 Å². The molecule has 0 aliphatic carbocycles. The highest BCUT2D eigenvalue weighted by molar-refractivity contribution is 9.10. The topological polar surface area (TPSA) is 29.1 Å². The third-order valence-electron chi connectivity index (χ3n) is 2.02. The molecular weight excluding hydrogens is 296 g/mol. The van der Waals surface area contributed by atoms with Gasteiger partial charge in [0.2, 0.25) is 5.91 Å². The molecule has 0 fully saturated rings. The summed E-state index contributed by atoms with van der Waals surface area (Å²) in [5, 5.41) is 1.81. The lowest BCUT2D eigenvalue weighted by Crippen LogP contribution is -2.27. The molecule has 0 spiro atoms. The Morgan fingerprint density at radius 1 is 1.62 bits per heavy atom. The number of carbonyl (C=O) groups is 1. The van der Waals surface area contributed by atoms with Gasteiger partial charge >= 0.3 is 0 Å². The molecule has 0 heterocycles. The second-order valence-corrected chi connectivity index (χ2v) is 4.62. The van der Waals surface area contributed by atoms with Crippen molar-refractivity contribution in [1.82, 2.24) is 5.32 Å². The lowest BCUT2D eigenvalue weighted by molar-refractivity contribution is -0.120. The number of carbonyl (C=O) groups excluding carboxylic acids is 1. The number of amides is 1. The zero-order valence-electron chi connectivity index (χ0n) is 8.77. The summed E-state index contributed by atoms with van der Waals surface area (Å²) in [4.78, 5) is 11.5. The summed E-state index contributed by atoms with van der Waals surface area (Å²) in [5.74, 6) is -0.725. The van der Waals surface area contributed by atoms with Crippen LogP contribution in [-0.2, 0) is 4.79 Å². The first-order chi connectivity index (χ1) is 7.56. The molecule has 1 N–H and O–H groups in total. The maximum Gasteiger partial charge on any atom is 0.242 e. The van der Waals surface area contributed by atoms with Gasteiger partial charge in [0.15, 0.2) is 0 Å². The zero-order valence-corrected chi connectivity index (χ0v) is 11.1. The van der Waals surface area contributed by atoms with Crippen LogP contribution in [0.5, 0.6) is 0 Å². The van der Waals surface area contributed by atoms with E-state index < -0.39 is 11.2 Å². The minimum absolute atomic E-state index is 0.301. The molecule has 0 radical (unpaired) electrons. The average Bonchev–Trinajstić information content (AvgIpc) is 2.28. The summed E-state index contributed by atoms with van der Waals surface area (Å²) >= 11 is 8.96. The van der Waals surface area contributed by atoms with E-state index >= 15 is 0 Å². The number of halogens is 3. The van der Waals surface area contributed by atoms with Crippen molar-refractivity contribution in [3.05, 3.63) is 34.1 Å². The average molecular weight is 309 g/mol. The van der Waals surface area contributed by atoms with E-state index in [0.29, 0.717) is 16.6 Å². The summed E-state index contributed by atoms with van der Waals surface area (Å²) in [5.41, 5.74) is 0.455. The Balaban J connectivity index is 2.75. The summed E-state index contributed by atoms with van der Waals surface area (Å²) < 4.78 is 13.6. The van der Waals surface area contributed by atoms with E-state index in [0.717, 1.165) is 6.42 Å². The van der Waals surface area contributed by atoms with Gasteiger partial charge in [0.05, 0.1) is 4.47 Å². The van der Waals surface area contributed by atoms with Gasteiger partial charge in [-0.05, 0) is 40.0 Å². The summed E-state index contributed by atoms with van der Waals surface area (Å²) in [6.07, 6.45) is 0.837. The fourth-order valence-electron chi connectivity index (χ4n) is 1.16. The van der Waals surface area contributed by atoms with Crippen molar-refractivity contribution < 1.29 is 9.18 Å². The normalized spacial score (nSPS) is 12.2. The third-order valence-corrected chi connectivity index (χ3v) is 3.11. The molecule has 0 aromatic heterocycles. The molecule has 1 aromatic rings. The van der Waals surface area contributed by atoms with E-state index in [1.807, 2.05) is 6.92 Å². The second-order valence-electron chi connectivity index (χ2n) is 3.33. The Labute approximate surface area is 107 Å². The number of hydrogen-bond acceptors (Lipinski definition) is 1. The third kappa shape index (κ3) is 3.46. The van der Waals surface area contributed by atoms with Crippen LogP contribution < -0.4 is 5.32 Å². The molecule has 1 atom stereocenters. The fraction of sp³-hybridized carbons (Fsp3) is 0.364. The van der Waals surface area contributed by atoms with Gasteiger partial charge in [-0.2, -0.15) is 0 Å². The van der Waals surface area contributed by atoms with E-state index in [4.69, 9.17) is 11.6 Å². The monoisotopic (exact) mass is 307 g/mol. The Kier molecular flexibility index (Phi) is 5.22. The van der Waals surface area contributed by atoms with Crippen LogP contribution in [0.25, 0.3) is 0 Å². The highest BCUT2D eigenvalue weighted by Gasteiger charge is 2.17. The molecule has 1 unspecified atom stereocenters. The molecule has 16 heavy (non-hydrogen) atoms. The fourth-order valence-corrected chi connectivity index (χ4v) is 1.62. The SMILES string of the molecule is CCCNC(=O)C(Cl)c1ccc(Br)c(F)c1. The second kappa shape index (κ2) is 6.21. The van der Waals surface area contributed by atoms with Crippen LogP contribution >= 0.6 is 27.5 Å². The predicted molar refractivity (Wildman–Crippen MR) is 66.0 cm³/mol. The van der Waals surface area contributed by atoms with Crippen LogP contribution in [0.3, 0.4) is 0 Å². The molecule has 0 aliphatic rings. The summed E-state index contributed by atoms with van der Waals surface area (Å²) in [6.45, 7) is 2.52. The molecule has 1 aromatic carbocycles. The summed E-state index contributed by atoms with van der Waals surface area (Å²) in [6, 6.07) is 4.41. The Hall–Kier alpha value is -0.610. The molecule has 88 valence electrons. The van der Waals surface area contributed by atoms with E-state index in [1.165, 1.54) is 12.1 Å². The Morgan fingerprint density at radius 3 is 2.88 bits per heavy atom. The number of hydrogen-bond donors (Lipinski definition) is 1. The highest BCUT2D eigenvalue weighted by Crippen LogP contribution is 2.24. The van der Waals surface area contributed by atoms with Gasteiger partial charge in [0, 0.05) is 6.54 Å². The predicted octanol–water partition coefficient (Wildman–Crippen LogP) is 3.39. The molecule has 0 saturated heterocycles. The number of alkyl halides is 1. The number of benzene rings is 1. The Bertz CT molecular complexity index is 386. The number of rotatable bonds is 4. The molecule has 2 nitrogen and oxygen atoms in total. The van der Waals surface area contributed by atoms with Crippen LogP contribution in [0.2, 0.25) is 0 Å². The van der Waals surface area contributed by atoms with Crippen LogP contribution in [0.1, 0.15) is 24.3 Å².